The van der Waals surface area contributed by atoms with Gasteiger partial charge < -0.3 is 14.8 Å². The highest BCUT2D eigenvalue weighted by atomic mass is 32.2. The smallest absolute Gasteiger partial charge is 0.408 e. The van der Waals surface area contributed by atoms with Crippen LogP contribution in [0.4, 0.5) is 10.5 Å². The fourth-order valence-electron chi connectivity index (χ4n) is 1.58. The molecule has 134 valence electrons. The number of hydrogen-bond donors (Lipinski definition) is 3. The number of carbonyl (C=O) groups is 2. The van der Waals surface area contributed by atoms with Crippen LogP contribution in [0, 0.1) is 0 Å². The van der Waals surface area contributed by atoms with Gasteiger partial charge in [0.05, 0.1) is 6.04 Å². The van der Waals surface area contributed by atoms with Crippen LogP contribution in [0.5, 0.6) is 5.75 Å². The SMILES string of the molecule is C[C@H](NC(=O)OC(C)(C)C)C(=O)COc1ccc(N[SH](=O)=O)cc1. The second-order valence-corrected chi connectivity index (χ2v) is 6.75. The summed E-state index contributed by atoms with van der Waals surface area (Å²) >= 11 is 0. The summed E-state index contributed by atoms with van der Waals surface area (Å²) in [5, 5.41) is 2.44. The Morgan fingerprint density at radius 3 is 2.25 bits per heavy atom. The molecule has 0 radical (unpaired) electrons. The number of Topliss-reactive ketones (excluding diaryl/α,β-unsaturated/α-hetero) is 1. The molecule has 1 rings (SSSR count). The standard InChI is InChI=1S/C15H22N2O6S/c1-10(16-14(19)23-15(2,3)4)13(18)9-22-12-7-5-11(6-8-12)17-24(20)21/h5-8,10,24H,9H2,1-4H3,(H,16,19)(H,17,20,21)/t10-/m0/s1. The van der Waals surface area contributed by atoms with Crippen molar-refractivity contribution in [2.45, 2.75) is 39.3 Å². The van der Waals surface area contributed by atoms with E-state index in [0.29, 0.717) is 11.4 Å². The summed E-state index contributed by atoms with van der Waals surface area (Å²) in [5.41, 5.74) is -0.252. The summed E-state index contributed by atoms with van der Waals surface area (Å²) in [7, 11) is -2.73. The van der Waals surface area contributed by atoms with Gasteiger partial charge in [-0.15, -0.1) is 0 Å². The predicted octanol–water partition coefficient (Wildman–Crippen LogP) is 1.49. The van der Waals surface area contributed by atoms with Crippen molar-refractivity contribution in [2.24, 2.45) is 0 Å². The average Bonchev–Trinajstić information content (AvgIpc) is 2.43. The number of alkyl carbamates (subject to hydrolysis) is 1. The Labute approximate surface area is 142 Å². The molecule has 0 aromatic heterocycles. The molecule has 1 amide bonds. The number of anilines is 1. The van der Waals surface area contributed by atoms with Gasteiger partial charge in [-0.05, 0) is 52.0 Å². The fourth-order valence-corrected chi connectivity index (χ4v) is 1.94. The number of thiol groups is 1. The first-order valence-corrected chi connectivity index (χ1v) is 8.41. The van der Waals surface area contributed by atoms with Gasteiger partial charge in [-0.1, -0.05) is 0 Å². The molecule has 8 nitrogen and oxygen atoms in total. The van der Waals surface area contributed by atoms with Crippen LogP contribution in [0.2, 0.25) is 0 Å². The Hall–Kier alpha value is -2.29. The van der Waals surface area contributed by atoms with Crippen LogP contribution in [0.15, 0.2) is 24.3 Å². The van der Waals surface area contributed by atoms with Gasteiger partial charge in [-0.25, -0.2) is 13.2 Å². The van der Waals surface area contributed by atoms with Crippen LogP contribution in [0.1, 0.15) is 27.7 Å². The molecular weight excluding hydrogens is 336 g/mol. The van der Waals surface area contributed by atoms with Crippen molar-refractivity contribution in [3.05, 3.63) is 24.3 Å². The topological polar surface area (TPSA) is 111 Å². The highest BCUT2D eigenvalue weighted by molar-refractivity contribution is 7.73. The summed E-state index contributed by atoms with van der Waals surface area (Å²) in [6.45, 7) is 6.48. The molecule has 0 aliphatic rings. The molecular formula is C15H22N2O6S. The first kappa shape index (κ1) is 19.8. The third-order valence-electron chi connectivity index (χ3n) is 2.67. The van der Waals surface area contributed by atoms with Crippen molar-refractivity contribution in [2.75, 3.05) is 11.3 Å². The Morgan fingerprint density at radius 2 is 1.75 bits per heavy atom. The third-order valence-corrected chi connectivity index (χ3v) is 3.11. The number of carbonyl (C=O) groups excluding carboxylic acids is 2. The number of nitrogens with one attached hydrogen (secondary N) is 2. The molecule has 0 bridgehead atoms. The van der Waals surface area contributed by atoms with E-state index in [9.17, 15) is 18.0 Å². The van der Waals surface area contributed by atoms with E-state index in [1.807, 2.05) is 0 Å². The fraction of sp³-hybridized carbons (Fsp3) is 0.467. The predicted molar refractivity (Wildman–Crippen MR) is 89.7 cm³/mol. The van der Waals surface area contributed by atoms with Crippen molar-refractivity contribution in [3.8, 4) is 5.75 Å². The lowest BCUT2D eigenvalue weighted by Crippen LogP contribution is -2.43. The highest BCUT2D eigenvalue weighted by Gasteiger charge is 2.21. The Balaban J connectivity index is 2.46. The average molecular weight is 358 g/mol. The molecule has 0 aliphatic heterocycles. The van der Waals surface area contributed by atoms with Crippen molar-refractivity contribution in [1.29, 1.82) is 0 Å². The molecule has 9 heteroatoms. The minimum absolute atomic E-state index is 0.237. The minimum Gasteiger partial charge on any atom is -0.486 e. The van der Waals surface area contributed by atoms with E-state index >= 15 is 0 Å². The van der Waals surface area contributed by atoms with E-state index in [-0.39, 0.29) is 12.4 Å². The molecule has 0 spiro atoms. The second-order valence-electron chi connectivity index (χ2n) is 6.02. The van der Waals surface area contributed by atoms with Crippen molar-refractivity contribution < 1.29 is 27.5 Å². The lowest BCUT2D eigenvalue weighted by atomic mass is 10.2. The van der Waals surface area contributed by atoms with Crippen LogP contribution in [-0.4, -0.2) is 38.5 Å². The van der Waals surface area contributed by atoms with Gasteiger partial charge in [-0.3, -0.25) is 9.52 Å². The first-order valence-electron chi connectivity index (χ1n) is 7.23. The van der Waals surface area contributed by atoms with Crippen molar-refractivity contribution in [1.82, 2.24) is 5.32 Å². The van der Waals surface area contributed by atoms with Crippen molar-refractivity contribution >= 4 is 28.5 Å². The molecule has 0 saturated heterocycles. The molecule has 2 N–H and O–H groups in total. The lowest BCUT2D eigenvalue weighted by Gasteiger charge is -2.21. The Bertz CT molecular complexity index is 641. The van der Waals surface area contributed by atoms with Crippen LogP contribution in [0.3, 0.4) is 0 Å². The number of rotatable bonds is 7. The molecule has 0 aliphatic carbocycles. The monoisotopic (exact) mass is 358 g/mol. The zero-order valence-electron chi connectivity index (χ0n) is 14.0. The molecule has 0 fully saturated rings. The largest absolute Gasteiger partial charge is 0.486 e. The minimum atomic E-state index is -2.73. The van der Waals surface area contributed by atoms with E-state index in [0.717, 1.165) is 0 Å². The lowest BCUT2D eigenvalue weighted by molar-refractivity contribution is -0.122. The number of ether oxygens (including phenoxy) is 2. The summed E-state index contributed by atoms with van der Waals surface area (Å²) in [6.07, 6.45) is -0.675. The van der Waals surface area contributed by atoms with Crippen LogP contribution in [-0.2, 0) is 20.4 Å². The quantitative estimate of drug-likeness (QED) is 0.637. The van der Waals surface area contributed by atoms with Gasteiger partial charge >= 0.3 is 6.09 Å². The van der Waals surface area contributed by atoms with Crippen LogP contribution in [0.25, 0.3) is 0 Å². The molecule has 0 unspecified atom stereocenters. The Kier molecular flexibility index (Phi) is 7.02. The second kappa shape index (κ2) is 8.53. The van der Waals surface area contributed by atoms with Crippen LogP contribution >= 0.6 is 0 Å². The normalized spacial score (nSPS) is 12.4. The maximum atomic E-state index is 11.9. The van der Waals surface area contributed by atoms with E-state index < -0.39 is 28.6 Å². The Morgan fingerprint density at radius 1 is 1.17 bits per heavy atom. The zero-order chi connectivity index (χ0) is 18.3. The maximum Gasteiger partial charge on any atom is 0.408 e. The molecule has 1 aromatic rings. The third kappa shape index (κ3) is 7.82. The first-order chi connectivity index (χ1) is 11.1. The molecule has 1 atom stereocenters. The van der Waals surface area contributed by atoms with Gasteiger partial charge in [0.1, 0.15) is 18.0 Å². The number of amides is 1. The van der Waals surface area contributed by atoms with E-state index in [1.54, 1.807) is 20.8 Å². The molecule has 24 heavy (non-hydrogen) atoms. The molecule has 0 heterocycles. The van der Waals surface area contributed by atoms with Crippen molar-refractivity contribution in [3.63, 3.8) is 0 Å². The van der Waals surface area contributed by atoms with Gasteiger partial charge in [0.2, 0.25) is 10.9 Å². The highest BCUT2D eigenvalue weighted by Crippen LogP contribution is 2.15. The number of benzene rings is 1. The van der Waals surface area contributed by atoms with Gasteiger partial charge in [0.15, 0.2) is 5.78 Å². The summed E-state index contributed by atoms with van der Waals surface area (Å²) in [4.78, 5) is 23.5. The summed E-state index contributed by atoms with van der Waals surface area (Å²) < 4.78 is 33.7. The van der Waals surface area contributed by atoms with E-state index in [2.05, 4.69) is 10.0 Å². The van der Waals surface area contributed by atoms with Gasteiger partial charge in [-0.2, -0.15) is 0 Å². The number of ketones is 1. The van der Waals surface area contributed by atoms with Gasteiger partial charge in [0, 0.05) is 5.69 Å². The molecule has 0 saturated carbocycles. The van der Waals surface area contributed by atoms with Crippen LogP contribution < -0.4 is 14.8 Å². The maximum absolute atomic E-state index is 11.9. The number of hydrogen-bond acceptors (Lipinski definition) is 6. The summed E-state index contributed by atoms with van der Waals surface area (Å²) in [6, 6.07) is 5.31. The van der Waals surface area contributed by atoms with Gasteiger partial charge in [0.25, 0.3) is 0 Å². The van der Waals surface area contributed by atoms with E-state index in [4.69, 9.17) is 9.47 Å². The zero-order valence-corrected chi connectivity index (χ0v) is 14.9. The van der Waals surface area contributed by atoms with E-state index in [1.165, 1.54) is 31.2 Å². The molecule has 1 aromatic carbocycles. The summed E-state index contributed by atoms with van der Waals surface area (Å²) in [5.74, 6) is 0.0743.